The summed E-state index contributed by atoms with van der Waals surface area (Å²) in [6, 6.07) is 3.25. The first-order chi connectivity index (χ1) is 11.7. The molecular formula is C13H15ClF3N5O3. The third kappa shape index (κ3) is 5.43. The van der Waals surface area contributed by atoms with Crippen molar-refractivity contribution in [2.24, 2.45) is 5.10 Å². The zero-order valence-corrected chi connectivity index (χ0v) is 13.6. The molecule has 1 aliphatic heterocycles. The Balaban J connectivity index is 2.06. The fourth-order valence-electron chi connectivity index (χ4n) is 2.36. The molecule has 138 valence electrons. The van der Waals surface area contributed by atoms with Crippen molar-refractivity contribution in [2.45, 2.75) is 25.2 Å². The number of hydrogen-bond donors (Lipinski definition) is 1. The molecule has 1 fully saturated rings. The van der Waals surface area contributed by atoms with Gasteiger partial charge >= 0.3 is 6.18 Å². The molecule has 0 amide bonds. The maximum atomic E-state index is 12.4. The summed E-state index contributed by atoms with van der Waals surface area (Å²) < 4.78 is 37.2. The molecule has 1 atom stereocenters. The van der Waals surface area contributed by atoms with Crippen LogP contribution >= 0.6 is 11.6 Å². The van der Waals surface area contributed by atoms with E-state index in [1.165, 1.54) is 11.1 Å². The molecule has 0 spiro atoms. The monoisotopic (exact) mass is 381 g/mol. The van der Waals surface area contributed by atoms with E-state index in [-0.39, 0.29) is 25.6 Å². The third-order valence-corrected chi connectivity index (χ3v) is 3.81. The van der Waals surface area contributed by atoms with Gasteiger partial charge < -0.3 is 14.9 Å². The largest absolute Gasteiger partial charge is 0.414 e. The Hall–Kier alpha value is -2.14. The van der Waals surface area contributed by atoms with Crippen LogP contribution in [0.1, 0.15) is 12.0 Å². The number of rotatable bonds is 6. The van der Waals surface area contributed by atoms with Crippen LogP contribution in [-0.2, 0) is 6.54 Å². The molecule has 8 nitrogen and oxygen atoms in total. The van der Waals surface area contributed by atoms with Gasteiger partial charge in [0, 0.05) is 32.4 Å². The lowest BCUT2D eigenvalue weighted by atomic mass is 10.2. The molecular weight excluding hydrogens is 367 g/mol. The van der Waals surface area contributed by atoms with Gasteiger partial charge in [-0.1, -0.05) is 17.7 Å². The molecule has 1 aliphatic rings. The maximum Gasteiger partial charge on any atom is 0.414 e. The topological polar surface area (TPSA) is 95.1 Å². The molecule has 0 bridgehead atoms. The Morgan fingerprint density at radius 3 is 2.64 bits per heavy atom. The number of hydrogen-bond acceptors (Lipinski definition) is 4. The first-order valence-electron chi connectivity index (χ1n) is 7.25. The van der Waals surface area contributed by atoms with Gasteiger partial charge in [-0.15, -0.1) is 0 Å². The summed E-state index contributed by atoms with van der Waals surface area (Å²) in [5.41, 5.74) is 0.720. The molecule has 0 saturated carbocycles. The van der Waals surface area contributed by atoms with Gasteiger partial charge in [0.05, 0.1) is 0 Å². The SMILES string of the molecule is O=[N+]([O-])/N=C1\N(CCC(O)C(F)(F)F)CCN1Cc1ccc(Cl)nc1. The minimum atomic E-state index is -4.73. The molecule has 2 rings (SSSR count). The number of halogens is 4. The predicted octanol–water partition coefficient (Wildman–Crippen LogP) is 1.71. The van der Waals surface area contributed by atoms with E-state index >= 15 is 0 Å². The van der Waals surface area contributed by atoms with Crippen molar-refractivity contribution < 1.29 is 23.3 Å². The minimum Gasteiger partial charge on any atom is -0.384 e. The summed E-state index contributed by atoms with van der Waals surface area (Å²) >= 11 is 5.70. The maximum absolute atomic E-state index is 12.4. The minimum absolute atomic E-state index is 0.0469. The van der Waals surface area contributed by atoms with Gasteiger partial charge in [0.1, 0.15) is 10.3 Å². The third-order valence-electron chi connectivity index (χ3n) is 3.59. The quantitative estimate of drug-likeness (QED) is 0.458. The van der Waals surface area contributed by atoms with Gasteiger partial charge in [-0.2, -0.15) is 13.2 Å². The average molecular weight is 382 g/mol. The van der Waals surface area contributed by atoms with E-state index in [9.17, 15) is 23.3 Å². The molecule has 12 heteroatoms. The Morgan fingerprint density at radius 1 is 1.40 bits per heavy atom. The lowest BCUT2D eigenvalue weighted by molar-refractivity contribution is -0.486. The van der Waals surface area contributed by atoms with Crippen LogP contribution in [0.3, 0.4) is 0 Å². The van der Waals surface area contributed by atoms with E-state index in [1.807, 2.05) is 0 Å². The van der Waals surface area contributed by atoms with Crippen LogP contribution < -0.4 is 0 Å². The van der Waals surface area contributed by atoms with Crippen LogP contribution in [0.4, 0.5) is 13.2 Å². The summed E-state index contributed by atoms with van der Waals surface area (Å²) in [7, 11) is 0. The normalized spacial score (nSPS) is 18.0. The second-order valence-corrected chi connectivity index (χ2v) is 5.77. The van der Waals surface area contributed by atoms with Crippen LogP contribution in [0.25, 0.3) is 0 Å². The number of aliphatic hydroxyl groups excluding tert-OH is 1. The molecule has 25 heavy (non-hydrogen) atoms. The number of aromatic nitrogens is 1. The molecule has 0 radical (unpaired) electrons. The first kappa shape index (κ1) is 19.2. The van der Waals surface area contributed by atoms with Gasteiger partial charge in [0.2, 0.25) is 0 Å². The summed E-state index contributed by atoms with van der Waals surface area (Å²) in [4.78, 5) is 17.6. The zero-order valence-electron chi connectivity index (χ0n) is 12.9. The Kier molecular flexibility index (Phi) is 6.01. The Labute approximate surface area is 145 Å². The molecule has 2 heterocycles. The molecule has 0 aliphatic carbocycles. The smallest absolute Gasteiger partial charge is 0.384 e. The molecule has 1 saturated heterocycles. The van der Waals surface area contributed by atoms with Gasteiger partial charge in [-0.25, -0.2) is 15.1 Å². The highest BCUT2D eigenvalue weighted by atomic mass is 35.5. The molecule has 1 N–H and O–H groups in total. The highest BCUT2D eigenvalue weighted by Crippen LogP contribution is 2.23. The van der Waals surface area contributed by atoms with Crippen LogP contribution in [0, 0.1) is 10.1 Å². The number of guanidine groups is 1. The number of alkyl halides is 3. The highest BCUT2D eigenvalue weighted by Gasteiger charge is 2.39. The van der Waals surface area contributed by atoms with Crippen molar-refractivity contribution in [1.82, 2.24) is 14.8 Å². The number of nitro groups is 1. The van der Waals surface area contributed by atoms with Gasteiger partial charge in [-0.3, -0.25) is 0 Å². The number of hydrazone groups is 1. The van der Waals surface area contributed by atoms with Gasteiger partial charge in [-0.05, 0) is 18.1 Å². The average Bonchev–Trinajstić information content (AvgIpc) is 2.87. The molecule has 1 aromatic heterocycles. The Bertz CT molecular complexity index is 641. The van der Waals surface area contributed by atoms with Crippen molar-refractivity contribution in [2.75, 3.05) is 19.6 Å². The number of aliphatic hydroxyl groups is 1. The summed E-state index contributed by atoms with van der Waals surface area (Å²) in [6.45, 7) is 0.646. The summed E-state index contributed by atoms with van der Waals surface area (Å²) in [5, 5.41) is 22.5. The van der Waals surface area contributed by atoms with Crippen LogP contribution in [0.15, 0.2) is 23.4 Å². The Morgan fingerprint density at radius 2 is 2.08 bits per heavy atom. The van der Waals surface area contributed by atoms with Crippen molar-refractivity contribution in [3.63, 3.8) is 0 Å². The van der Waals surface area contributed by atoms with Gasteiger partial charge in [0.15, 0.2) is 11.1 Å². The van der Waals surface area contributed by atoms with Crippen LogP contribution in [0.2, 0.25) is 5.15 Å². The van der Waals surface area contributed by atoms with Crippen molar-refractivity contribution in [1.29, 1.82) is 0 Å². The van der Waals surface area contributed by atoms with Crippen LogP contribution in [0.5, 0.6) is 0 Å². The predicted molar refractivity (Wildman–Crippen MR) is 82.3 cm³/mol. The van der Waals surface area contributed by atoms with E-state index in [0.29, 0.717) is 11.7 Å². The molecule has 1 unspecified atom stereocenters. The summed E-state index contributed by atoms with van der Waals surface area (Å²) in [6.07, 6.45) is -6.31. The number of pyridine rings is 1. The van der Waals surface area contributed by atoms with Crippen molar-refractivity contribution >= 4 is 17.6 Å². The fourth-order valence-corrected chi connectivity index (χ4v) is 2.48. The highest BCUT2D eigenvalue weighted by molar-refractivity contribution is 6.29. The van der Waals surface area contributed by atoms with Crippen molar-refractivity contribution in [3.05, 3.63) is 39.2 Å². The lowest BCUT2D eigenvalue weighted by Gasteiger charge is -2.22. The lowest BCUT2D eigenvalue weighted by Crippen LogP contribution is -2.38. The van der Waals surface area contributed by atoms with E-state index in [4.69, 9.17) is 16.7 Å². The van der Waals surface area contributed by atoms with E-state index in [0.717, 1.165) is 5.56 Å². The zero-order chi connectivity index (χ0) is 18.6. The van der Waals surface area contributed by atoms with Crippen LogP contribution in [-0.4, -0.2) is 62.8 Å². The second-order valence-electron chi connectivity index (χ2n) is 5.38. The first-order valence-corrected chi connectivity index (χ1v) is 7.62. The standard InChI is InChI=1S/C13H15ClF3N5O3/c14-11-2-1-9(7-18-11)8-21-6-5-20(12(21)19-22(24)25)4-3-10(23)13(15,16)17/h1-2,7,10,23H,3-6,8H2/b19-12+. The summed E-state index contributed by atoms with van der Waals surface area (Å²) in [5.74, 6) is -0.0469. The fraction of sp³-hybridized carbons (Fsp3) is 0.538. The van der Waals surface area contributed by atoms with E-state index in [1.54, 1.807) is 17.0 Å². The van der Waals surface area contributed by atoms with E-state index in [2.05, 4.69) is 10.1 Å². The van der Waals surface area contributed by atoms with Gasteiger partial charge in [0.25, 0.3) is 5.96 Å². The molecule has 0 aromatic carbocycles. The van der Waals surface area contributed by atoms with E-state index < -0.39 is 23.7 Å². The molecule has 1 aromatic rings. The van der Waals surface area contributed by atoms with Crippen molar-refractivity contribution in [3.8, 4) is 0 Å². The number of nitrogens with zero attached hydrogens (tertiary/aromatic N) is 5. The second kappa shape index (κ2) is 7.83.